The topological polar surface area (TPSA) is 26.3 Å². The minimum Gasteiger partial charge on any atom is -0.379 e. The fraction of sp³-hybridized carbons (Fsp3) is 0.571. The molecule has 0 bridgehead atoms. The van der Waals surface area contributed by atoms with E-state index in [1.165, 1.54) is 5.56 Å². The lowest BCUT2D eigenvalue weighted by Crippen LogP contribution is -2.52. The summed E-state index contributed by atoms with van der Waals surface area (Å²) in [6, 6.07) is 10.3. The van der Waals surface area contributed by atoms with Gasteiger partial charge >= 0.3 is 0 Å². The minimum absolute atomic E-state index is 0.0284. The summed E-state index contributed by atoms with van der Waals surface area (Å²) in [5.74, 6) is 0.695. The van der Waals surface area contributed by atoms with Crippen molar-refractivity contribution in [2.24, 2.45) is 0 Å². The lowest BCUT2D eigenvalue weighted by molar-refractivity contribution is -0.0478. The summed E-state index contributed by atoms with van der Waals surface area (Å²) in [5, 5.41) is 0. The van der Waals surface area contributed by atoms with Crippen LogP contribution in [0.25, 0.3) is 0 Å². The van der Waals surface area contributed by atoms with E-state index in [1.807, 2.05) is 39.0 Å². The molecule has 2 rings (SSSR count). The number of ether oxygens (including phenoxy) is 1. The van der Waals surface area contributed by atoms with Gasteiger partial charge in [-0.3, -0.25) is 4.21 Å². The van der Waals surface area contributed by atoms with Gasteiger partial charge in [-0.25, -0.2) is 0 Å². The van der Waals surface area contributed by atoms with Crippen molar-refractivity contribution in [3.05, 3.63) is 35.9 Å². The smallest absolute Gasteiger partial charge is 0.0594 e. The molecule has 0 saturated carbocycles. The molecule has 17 heavy (non-hydrogen) atoms. The molecule has 1 unspecified atom stereocenters. The van der Waals surface area contributed by atoms with Gasteiger partial charge in [0.15, 0.2) is 0 Å². The molecular formula is C14H20O2S. The van der Waals surface area contributed by atoms with E-state index in [2.05, 4.69) is 12.1 Å². The summed E-state index contributed by atoms with van der Waals surface area (Å²) in [6.07, 6.45) is 0. The highest BCUT2D eigenvalue weighted by molar-refractivity contribution is 7.86. The second-order valence-corrected chi connectivity index (χ2v) is 7.95. The third kappa shape index (κ3) is 2.61. The molecule has 0 spiro atoms. The van der Waals surface area contributed by atoms with E-state index in [0.717, 1.165) is 0 Å². The van der Waals surface area contributed by atoms with Gasteiger partial charge in [-0.05, 0) is 26.3 Å². The van der Waals surface area contributed by atoms with Crippen LogP contribution in [0.3, 0.4) is 0 Å². The van der Waals surface area contributed by atoms with Gasteiger partial charge in [0.25, 0.3) is 0 Å². The maximum Gasteiger partial charge on any atom is 0.0594 e. The van der Waals surface area contributed by atoms with Crippen LogP contribution in [0.1, 0.15) is 26.3 Å². The maximum absolute atomic E-state index is 12.3. The van der Waals surface area contributed by atoms with E-state index >= 15 is 0 Å². The van der Waals surface area contributed by atoms with Crippen molar-refractivity contribution >= 4 is 10.8 Å². The molecule has 1 heterocycles. The van der Waals surface area contributed by atoms with Gasteiger partial charge in [0, 0.05) is 21.3 Å². The Morgan fingerprint density at radius 2 is 1.82 bits per heavy atom. The summed E-state index contributed by atoms with van der Waals surface area (Å²) in [5.41, 5.74) is 1.23. The van der Waals surface area contributed by atoms with Crippen molar-refractivity contribution in [2.45, 2.75) is 30.9 Å². The van der Waals surface area contributed by atoms with E-state index in [4.69, 9.17) is 4.74 Å². The second-order valence-electron chi connectivity index (χ2n) is 5.74. The molecule has 1 aromatic rings. The standard InChI is InChI=1S/C14H20O2S/c1-13(2,3)17(15)11-14(9-16-10-14)12-7-5-4-6-8-12/h4-8H,9-11H2,1-3H3. The van der Waals surface area contributed by atoms with E-state index in [-0.39, 0.29) is 10.2 Å². The predicted molar refractivity (Wildman–Crippen MR) is 71.7 cm³/mol. The van der Waals surface area contributed by atoms with Crippen LogP contribution in [0.5, 0.6) is 0 Å². The average Bonchev–Trinajstić information content (AvgIpc) is 2.23. The third-order valence-corrected chi connectivity index (χ3v) is 5.41. The molecular weight excluding hydrogens is 232 g/mol. The summed E-state index contributed by atoms with van der Waals surface area (Å²) < 4.78 is 17.5. The first-order valence-electron chi connectivity index (χ1n) is 5.96. The number of hydrogen-bond acceptors (Lipinski definition) is 2. The van der Waals surface area contributed by atoms with Gasteiger partial charge in [-0.2, -0.15) is 0 Å². The Morgan fingerprint density at radius 1 is 1.24 bits per heavy atom. The highest BCUT2D eigenvalue weighted by Crippen LogP contribution is 2.34. The Balaban J connectivity index is 2.20. The zero-order chi connectivity index (χ0) is 12.5. The quantitative estimate of drug-likeness (QED) is 0.826. The Kier molecular flexibility index (Phi) is 3.41. The Labute approximate surface area is 106 Å². The molecule has 1 aliphatic heterocycles. The molecule has 1 aromatic carbocycles. The number of rotatable bonds is 3. The largest absolute Gasteiger partial charge is 0.379 e. The zero-order valence-electron chi connectivity index (χ0n) is 10.7. The van der Waals surface area contributed by atoms with Crippen LogP contribution in [0.4, 0.5) is 0 Å². The predicted octanol–water partition coefficient (Wildman–Crippen LogP) is 2.50. The highest BCUT2D eigenvalue weighted by Gasteiger charge is 2.43. The van der Waals surface area contributed by atoms with E-state index in [1.54, 1.807) is 0 Å². The van der Waals surface area contributed by atoms with Crippen LogP contribution in [0.15, 0.2) is 30.3 Å². The van der Waals surface area contributed by atoms with Crippen LogP contribution < -0.4 is 0 Å². The highest BCUT2D eigenvalue weighted by atomic mass is 32.2. The summed E-state index contributed by atoms with van der Waals surface area (Å²) in [6.45, 7) is 7.47. The normalized spacial score (nSPS) is 20.6. The van der Waals surface area contributed by atoms with E-state index < -0.39 is 10.8 Å². The molecule has 1 atom stereocenters. The molecule has 1 aliphatic rings. The first-order valence-corrected chi connectivity index (χ1v) is 7.28. The minimum atomic E-state index is -0.836. The number of hydrogen-bond donors (Lipinski definition) is 0. The lowest BCUT2D eigenvalue weighted by atomic mass is 9.80. The SMILES string of the molecule is CC(C)(C)S(=O)CC1(c2ccccc2)COC1. The van der Waals surface area contributed by atoms with Crippen molar-refractivity contribution in [1.82, 2.24) is 0 Å². The second kappa shape index (κ2) is 4.54. The van der Waals surface area contributed by atoms with E-state index in [9.17, 15) is 4.21 Å². The van der Waals surface area contributed by atoms with Crippen LogP contribution >= 0.6 is 0 Å². The van der Waals surface area contributed by atoms with Gasteiger partial charge in [0.05, 0.1) is 18.6 Å². The third-order valence-electron chi connectivity index (χ3n) is 3.23. The van der Waals surface area contributed by atoms with Gasteiger partial charge < -0.3 is 4.74 Å². The average molecular weight is 252 g/mol. The molecule has 94 valence electrons. The Hall–Kier alpha value is -0.670. The Bertz CT molecular complexity index is 402. The van der Waals surface area contributed by atoms with Crippen LogP contribution in [-0.2, 0) is 21.0 Å². The fourth-order valence-corrected chi connectivity index (χ4v) is 3.21. The van der Waals surface area contributed by atoms with Crippen molar-refractivity contribution in [3.8, 4) is 0 Å². The molecule has 0 amide bonds. The van der Waals surface area contributed by atoms with Crippen LogP contribution in [-0.4, -0.2) is 27.9 Å². The van der Waals surface area contributed by atoms with Crippen LogP contribution in [0.2, 0.25) is 0 Å². The first kappa shape index (κ1) is 12.8. The van der Waals surface area contributed by atoms with Crippen molar-refractivity contribution in [2.75, 3.05) is 19.0 Å². The van der Waals surface area contributed by atoms with Gasteiger partial charge in [0.2, 0.25) is 0 Å². The molecule has 3 heteroatoms. The summed E-state index contributed by atoms with van der Waals surface area (Å²) in [7, 11) is -0.836. The zero-order valence-corrected chi connectivity index (χ0v) is 11.5. The van der Waals surface area contributed by atoms with Gasteiger partial charge in [-0.15, -0.1) is 0 Å². The first-order chi connectivity index (χ1) is 7.94. The van der Waals surface area contributed by atoms with Crippen molar-refractivity contribution in [3.63, 3.8) is 0 Å². The van der Waals surface area contributed by atoms with E-state index in [0.29, 0.717) is 19.0 Å². The molecule has 0 aromatic heterocycles. The molecule has 0 N–H and O–H groups in total. The molecule has 1 saturated heterocycles. The van der Waals surface area contributed by atoms with Gasteiger partial charge in [-0.1, -0.05) is 30.3 Å². The molecule has 0 radical (unpaired) electrons. The number of benzene rings is 1. The molecule has 2 nitrogen and oxygen atoms in total. The fourth-order valence-electron chi connectivity index (χ4n) is 1.94. The maximum atomic E-state index is 12.3. The van der Waals surface area contributed by atoms with Crippen molar-refractivity contribution in [1.29, 1.82) is 0 Å². The van der Waals surface area contributed by atoms with Crippen molar-refractivity contribution < 1.29 is 8.95 Å². The summed E-state index contributed by atoms with van der Waals surface area (Å²) in [4.78, 5) is 0. The molecule has 0 aliphatic carbocycles. The summed E-state index contributed by atoms with van der Waals surface area (Å²) >= 11 is 0. The van der Waals surface area contributed by atoms with Crippen LogP contribution in [0, 0.1) is 0 Å². The van der Waals surface area contributed by atoms with Gasteiger partial charge in [0.1, 0.15) is 0 Å². The molecule has 1 fully saturated rings. The lowest BCUT2D eigenvalue weighted by Gasteiger charge is -2.42. The Morgan fingerprint density at radius 3 is 2.24 bits per heavy atom. The monoisotopic (exact) mass is 252 g/mol.